The molecule has 0 aromatic carbocycles. The number of hydrogen-bond donors (Lipinski definition) is 3. The van der Waals surface area contributed by atoms with Gasteiger partial charge in [0.2, 0.25) is 0 Å². The van der Waals surface area contributed by atoms with E-state index in [2.05, 4.69) is 9.44 Å². The van der Waals surface area contributed by atoms with Gasteiger partial charge in [-0.2, -0.15) is 17.9 Å². The standard InChI is InChI=1S/C10H24N2O3S/c1-6-7-10(5,13)8-11-16(14,15)12-9(2,3)4/h11-13H,6-8H2,1-5H3. The summed E-state index contributed by atoms with van der Waals surface area (Å²) in [7, 11) is -3.55. The van der Waals surface area contributed by atoms with E-state index in [1.165, 1.54) is 0 Å². The van der Waals surface area contributed by atoms with Gasteiger partial charge in [0.15, 0.2) is 0 Å². The van der Waals surface area contributed by atoms with E-state index in [0.29, 0.717) is 6.42 Å². The van der Waals surface area contributed by atoms with Crippen molar-refractivity contribution in [1.82, 2.24) is 9.44 Å². The van der Waals surface area contributed by atoms with Gasteiger partial charge in [-0.25, -0.2) is 0 Å². The molecule has 0 heterocycles. The zero-order chi connectivity index (χ0) is 13.0. The first-order valence-corrected chi connectivity index (χ1v) is 6.97. The molecule has 0 aromatic heterocycles. The first-order valence-electron chi connectivity index (χ1n) is 5.48. The van der Waals surface area contributed by atoms with Crippen LogP contribution in [0.25, 0.3) is 0 Å². The van der Waals surface area contributed by atoms with E-state index in [9.17, 15) is 13.5 Å². The Morgan fingerprint density at radius 1 is 1.19 bits per heavy atom. The molecule has 16 heavy (non-hydrogen) atoms. The molecule has 0 aliphatic carbocycles. The Kier molecular flexibility index (Phi) is 5.38. The molecule has 3 N–H and O–H groups in total. The molecule has 0 rings (SSSR count). The van der Waals surface area contributed by atoms with E-state index in [0.717, 1.165) is 6.42 Å². The molecule has 0 amide bonds. The minimum absolute atomic E-state index is 0.0201. The van der Waals surface area contributed by atoms with Crippen LogP contribution in [0.3, 0.4) is 0 Å². The first-order chi connectivity index (χ1) is 6.97. The molecule has 0 aliphatic heterocycles. The lowest BCUT2D eigenvalue weighted by Gasteiger charge is -2.25. The van der Waals surface area contributed by atoms with E-state index in [1.54, 1.807) is 27.7 Å². The van der Waals surface area contributed by atoms with Crippen LogP contribution in [0.1, 0.15) is 47.5 Å². The number of rotatable bonds is 6. The van der Waals surface area contributed by atoms with Gasteiger partial charge in [0, 0.05) is 12.1 Å². The summed E-state index contributed by atoms with van der Waals surface area (Å²) >= 11 is 0. The number of hydrogen-bond acceptors (Lipinski definition) is 3. The third-order valence-electron chi connectivity index (χ3n) is 1.87. The fourth-order valence-electron chi connectivity index (χ4n) is 1.32. The fourth-order valence-corrected chi connectivity index (χ4v) is 2.70. The highest BCUT2D eigenvalue weighted by Gasteiger charge is 2.24. The van der Waals surface area contributed by atoms with Crippen molar-refractivity contribution in [2.45, 2.75) is 58.6 Å². The third-order valence-corrected chi connectivity index (χ3v) is 3.28. The lowest BCUT2D eigenvalue weighted by molar-refractivity contribution is 0.0553. The molecule has 0 radical (unpaired) electrons. The minimum atomic E-state index is -3.55. The van der Waals surface area contributed by atoms with Gasteiger partial charge in [0.05, 0.1) is 5.60 Å². The molecule has 0 saturated heterocycles. The smallest absolute Gasteiger partial charge is 0.277 e. The maximum atomic E-state index is 11.6. The van der Waals surface area contributed by atoms with Gasteiger partial charge in [-0.3, -0.25) is 0 Å². The second-order valence-electron chi connectivity index (χ2n) is 5.42. The van der Waals surface area contributed by atoms with Crippen LogP contribution in [-0.2, 0) is 10.2 Å². The number of aliphatic hydroxyl groups is 1. The summed E-state index contributed by atoms with van der Waals surface area (Å²) < 4.78 is 27.9. The molecule has 0 aromatic rings. The molecule has 1 unspecified atom stereocenters. The second-order valence-corrected chi connectivity index (χ2v) is 6.92. The Labute approximate surface area is 98.8 Å². The lowest BCUT2D eigenvalue weighted by atomic mass is 10.0. The summed E-state index contributed by atoms with van der Waals surface area (Å²) in [5.74, 6) is 0. The molecule has 6 heteroatoms. The zero-order valence-corrected chi connectivity index (χ0v) is 11.6. The van der Waals surface area contributed by atoms with Crippen LogP contribution in [0, 0.1) is 0 Å². The van der Waals surface area contributed by atoms with E-state index >= 15 is 0 Å². The molecule has 98 valence electrons. The van der Waals surface area contributed by atoms with Crippen LogP contribution in [0.5, 0.6) is 0 Å². The molecular formula is C10H24N2O3S. The molecular weight excluding hydrogens is 228 g/mol. The van der Waals surface area contributed by atoms with Crippen molar-refractivity contribution in [3.63, 3.8) is 0 Å². The molecule has 1 atom stereocenters. The Hall–Kier alpha value is -0.170. The van der Waals surface area contributed by atoms with E-state index in [1.807, 2.05) is 6.92 Å². The van der Waals surface area contributed by atoms with Crippen LogP contribution >= 0.6 is 0 Å². The average Bonchev–Trinajstić information content (AvgIpc) is 1.97. The highest BCUT2D eigenvalue weighted by Crippen LogP contribution is 2.10. The van der Waals surface area contributed by atoms with Crippen LogP contribution in [0.15, 0.2) is 0 Å². The summed E-state index contributed by atoms with van der Waals surface area (Å²) in [6.45, 7) is 8.86. The topological polar surface area (TPSA) is 78.4 Å². The van der Waals surface area contributed by atoms with Gasteiger partial charge in [-0.1, -0.05) is 13.3 Å². The van der Waals surface area contributed by atoms with Crippen molar-refractivity contribution < 1.29 is 13.5 Å². The van der Waals surface area contributed by atoms with Crippen LogP contribution in [-0.4, -0.2) is 31.2 Å². The monoisotopic (exact) mass is 252 g/mol. The second kappa shape index (κ2) is 5.44. The SMILES string of the molecule is CCCC(C)(O)CNS(=O)(=O)NC(C)(C)C. The molecule has 0 spiro atoms. The Morgan fingerprint density at radius 3 is 2.06 bits per heavy atom. The van der Waals surface area contributed by atoms with E-state index in [4.69, 9.17) is 0 Å². The van der Waals surface area contributed by atoms with E-state index < -0.39 is 21.3 Å². The Balaban J connectivity index is 4.30. The molecule has 0 saturated carbocycles. The maximum absolute atomic E-state index is 11.6. The van der Waals surface area contributed by atoms with Crippen molar-refractivity contribution >= 4 is 10.2 Å². The van der Waals surface area contributed by atoms with Gasteiger partial charge in [-0.15, -0.1) is 0 Å². The summed E-state index contributed by atoms with van der Waals surface area (Å²) in [6, 6.07) is 0. The van der Waals surface area contributed by atoms with Gasteiger partial charge in [0.1, 0.15) is 0 Å². The van der Waals surface area contributed by atoms with Gasteiger partial charge in [-0.05, 0) is 34.1 Å². The summed E-state index contributed by atoms with van der Waals surface area (Å²) in [5.41, 5.74) is -1.52. The van der Waals surface area contributed by atoms with Crippen molar-refractivity contribution in [1.29, 1.82) is 0 Å². The summed E-state index contributed by atoms with van der Waals surface area (Å²) in [5, 5.41) is 9.82. The molecule has 0 fully saturated rings. The molecule has 0 bridgehead atoms. The highest BCUT2D eigenvalue weighted by molar-refractivity contribution is 7.87. The predicted octanol–water partition coefficient (Wildman–Crippen LogP) is 0.760. The van der Waals surface area contributed by atoms with Crippen molar-refractivity contribution in [3.8, 4) is 0 Å². The lowest BCUT2D eigenvalue weighted by Crippen LogP contribution is -2.50. The predicted molar refractivity (Wildman–Crippen MR) is 65.3 cm³/mol. The largest absolute Gasteiger partial charge is 0.389 e. The maximum Gasteiger partial charge on any atom is 0.277 e. The molecule has 5 nitrogen and oxygen atoms in total. The van der Waals surface area contributed by atoms with Crippen LogP contribution < -0.4 is 9.44 Å². The van der Waals surface area contributed by atoms with Crippen LogP contribution in [0.4, 0.5) is 0 Å². The van der Waals surface area contributed by atoms with E-state index in [-0.39, 0.29) is 6.54 Å². The van der Waals surface area contributed by atoms with Gasteiger partial charge < -0.3 is 5.11 Å². The average molecular weight is 252 g/mol. The molecule has 0 aliphatic rings. The Morgan fingerprint density at radius 2 is 1.69 bits per heavy atom. The van der Waals surface area contributed by atoms with Crippen molar-refractivity contribution in [2.24, 2.45) is 0 Å². The highest BCUT2D eigenvalue weighted by atomic mass is 32.2. The van der Waals surface area contributed by atoms with Crippen molar-refractivity contribution in [2.75, 3.05) is 6.54 Å². The normalized spacial score (nSPS) is 17.1. The summed E-state index contributed by atoms with van der Waals surface area (Å²) in [4.78, 5) is 0. The number of nitrogens with one attached hydrogen (secondary N) is 2. The Bertz CT molecular complexity index is 305. The van der Waals surface area contributed by atoms with Gasteiger partial charge >= 0.3 is 0 Å². The fraction of sp³-hybridized carbons (Fsp3) is 1.00. The summed E-state index contributed by atoms with van der Waals surface area (Å²) in [6.07, 6.45) is 1.37. The minimum Gasteiger partial charge on any atom is -0.389 e. The van der Waals surface area contributed by atoms with Crippen LogP contribution in [0.2, 0.25) is 0 Å². The quantitative estimate of drug-likeness (QED) is 0.653. The van der Waals surface area contributed by atoms with Gasteiger partial charge in [0.25, 0.3) is 10.2 Å². The first kappa shape index (κ1) is 15.8. The third kappa shape index (κ3) is 8.04. The van der Waals surface area contributed by atoms with Crippen molar-refractivity contribution in [3.05, 3.63) is 0 Å². The zero-order valence-electron chi connectivity index (χ0n) is 10.8.